The molecule has 2 rings (SSSR count). The number of carbonyl (C=O) groups excluding carboxylic acids is 1. The lowest BCUT2D eigenvalue weighted by Gasteiger charge is -2.08. The minimum absolute atomic E-state index is 0.222. The van der Waals surface area contributed by atoms with Crippen molar-refractivity contribution in [2.24, 2.45) is 5.84 Å². The first kappa shape index (κ1) is 11.7. The van der Waals surface area contributed by atoms with Crippen LogP contribution in [0.4, 0.5) is 11.8 Å². The monoisotopic (exact) mass is 295 g/mol. The molecule has 0 unspecified atom stereocenters. The van der Waals surface area contributed by atoms with Gasteiger partial charge in [0.05, 0.1) is 5.52 Å². The molecule has 0 spiro atoms. The van der Waals surface area contributed by atoms with Crippen molar-refractivity contribution in [2.75, 3.05) is 10.7 Å². The second-order valence-electron chi connectivity index (χ2n) is 3.38. The van der Waals surface area contributed by atoms with Crippen molar-refractivity contribution in [3.05, 3.63) is 22.7 Å². The van der Waals surface area contributed by atoms with Crippen molar-refractivity contribution >= 4 is 44.5 Å². The largest absolute Gasteiger partial charge is 0.308 e. The van der Waals surface area contributed by atoms with Crippen LogP contribution in [0.2, 0.25) is 0 Å². The van der Waals surface area contributed by atoms with Crippen LogP contribution >= 0.6 is 15.9 Å². The summed E-state index contributed by atoms with van der Waals surface area (Å²) >= 11 is 3.36. The van der Waals surface area contributed by atoms with Gasteiger partial charge in [0.1, 0.15) is 0 Å². The predicted molar refractivity (Wildman–Crippen MR) is 69.4 cm³/mol. The third-order valence-corrected chi connectivity index (χ3v) is 2.58. The first-order chi connectivity index (χ1) is 8.10. The average Bonchev–Trinajstić information content (AvgIpc) is 2.27. The first-order valence-electron chi connectivity index (χ1n) is 4.81. The summed E-state index contributed by atoms with van der Waals surface area (Å²) in [4.78, 5) is 19.3. The van der Waals surface area contributed by atoms with Crippen molar-refractivity contribution in [2.45, 2.75) is 6.92 Å². The summed E-state index contributed by atoms with van der Waals surface area (Å²) in [5.74, 6) is 5.85. The van der Waals surface area contributed by atoms with E-state index < -0.39 is 0 Å². The van der Waals surface area contributed by atoms with E-state index in [4.69, 9.17) is 5.84 Å². The number of benzene rings is 1. The maximum atomic E-state index is 11.0. The van der Waals surface area contributed by atoms with Gasteiger partial charge >= 0.3 is 0 Å². The Morgan fingerprint density at radius 2 is 2.18 bits per heavy atom. The highest BCUT2D eigenvalue weighted by molar-refractivity contribution is 9.10. The van der Waals surface area contributed by atoms with Gasteiger partial charge in [-0.05, 0) is 18.2 Å². The molecule has 1 aromatic carbocycles. The van der Waals surface area contributed by atoms with Gasteiger partial charge in [0.2, 0.25) is 11.9 Å². The van der Waals surface area contributed by atoms with E-state index in [-0.39, 0.29) is 11.9 Å². The number of hydrogen-bond donors (Lipinski definition) is 3. The van der Waals surface area contributed by atoms with E-state index >= 15 is 0 Å². The summed E-state index contributed by atoms with van der Waals surface area (Å²) < 4.78 is 0.900. The Balaban J connectivity index is 2.61. The molecule has 0 fully saturated rings. The SMILES string of the molecule is CC(=O)Nc1nc(NN)c2cc(Br)ccc2n1. The zero-order valence-corrected chi connectivity index (χ0v) is 10.6. The fourth-order valence-corrected chi connectivity index (χ4v) is 1.79. The van der Waals surface area contributed by atoms with E-state index in [0.717, 1.165) is 9.86 Å². The third-order valence-electron chi connectivity index (χ3n) is 2.08. The van der Waals surface area contributed by atoms with Gasteiger partial charge in [-0.3, -0.25) is 10.1 Å². The van der Waals surface area contributed by atoms with Crippen LogP contribution in [0.15, 0.2) is 22.7 Å². The Bertz CT molecular complexity index is 586. The van der Waals surface area contributed by atoms with Gasteiger partial charge in [0.25, 0.3) is 0 Å². The molecule has 0 aliphatic heterocycles. The van der Waals surface area contributed by atoms with Crippen molar-refractivity contribution in [1.29, 1.82) is 0 Å². The fraction of sp³-hybridized carbons (Fsp3) is 0.100. The van der Waals surface area contributed by atoms with Crippen molar-refractivity contribution < 1.29 is 4.79 Å². The number of hydrazine groups is 1. The van der Waals surface area contributed by atoms with E-state index in [1.807, 2.05) is 18.2 Å². The highest BCUT2D eigenvalue weighted by Gasteiger charge is 2.08. The van der Waals surface area contributed by atoms with E-state index in [0.29, 0.717) is 11.3 Å². The smallest absolute Gasteiger partial charge is 0.232 e. The number of aromatic nitrogens is 2. The molecule has 0 saturated heterocycles. The normalized spacial score (nSPS) is 10.3. The number of hydrogen-bond acceptors (Lipinski definition) is 5. The summed E-state index contributed by atoms with van der Waals surface area (Å²) in [5.41, 5.74) is 3.18. The molecule has 1 heterocycles. The Hall–Kier alpha value is -1.73. The van der Waals surface area contributed by atoms with Crippen LogP contribution in [0.5, 0.6) is 0 Å². The molecule has 0 radical (unpaired) electrons. The van der Waals surface area contributed by atoms with Crippen LogP contribution < -0.4 is 16.6 Å². The average molecular weight is 296 g/mol. The quantitative estimate of drug-likeness (QED) is 0.578. The third kappa shape index (κ3) is 2.51. The standard InChI is InChI=1S/C10H10BrN5O/c1-5(17)13-10-14-8-3-2-6(11)4-7(8)9(15-10)16-12/h2-4H,12H2,1H3,(H2,13,14,15,16,17). The summed E-state index contributed by atoms with van der Waals surface area (Å²) in [6.07, 6.45) is 0. The van der Waals surface area contributed by atoms with Crippen molar-refractivity contribution in [3.8, 4) is 0 Å². The predicted octanol–water partition coefficient (Wildman–Crippen LogP) is 1.64. The highest BCUT2D eigenvalue weighted by atomic mass is 79.9. The molecular weight excluding hydrogens is 286 g/mol. The first-order valence-corrected chi connectivity index (χ1v) is 5.61. The lowest BCUT2D eigenvalue weighted by molar-refractivity contribution is -0.114. The number of carbonyl (C=O) groups is 1. The molecular formula is C10H10BrN5O. The summed E-state index contributed by atoms with van der Waals surface area (Å²) in [6.45, 7) is 1.39. The summed E-state index contributed by atoms with van der Waals surface area (Å²) in [5, 5.41) is 3.29. The second-order valence-corrected chi connectivity index (χ2v) is 4.30. The minimum atomic E-state index is -0.232. The van der Waals surface area contributed by atoms with Gasteiger partial charge in [-0.2, -0.15) is 4.98 Å². The van der Waals surface area contributed by atoms with Crippen molar-refractivity contribution in [3.63, 3.8) is 0 Å². The molecule has 6 nitrogen and oxygen atoms in total. The molecule has 2 aromatic rings. The van der Waals surface area contributed by atoms with Crippen LogP contribution in [0.1, 0.15) is 6.92 Å². The van der Waals surface area contributed by atoms with Crippen LogP contribution in [0, 0.1) is 0 Å². The van der Waals surface area contributed by atoms with Gasteiger partial charge in [0.15, 0.2) is 5.82 Å². The fourth-order valence-electron chi connectivity index (χ4n) is 1.42. The van der Waals surface area contributed by atoms with Gasteiger partial charge in [-0.1, -0.05) is 15.9 Å². The number of rotatable bonds is 2. The van der Waals surface area contributed by atoms with Crippen LogP contribution in [0.3, 0.4) is 0 Å². The summed E-state index contributed by atoms with van der Waals surface area (Å²) in [6, 6.07) is 5.52. The van der Waals surface area contributed by atoms with E-state index in [1.165, 1.54) is 6.92 Å². The minimum Gasteiger partial charge on any atom is -0.308 e. The lowest BCUT2D eigenvalue weighted by Crippen LogP contribution is -2.14. The number of amides is 1. The zero-order valence-electron chi connectivity index (χ0n) is 8.99. The second kappa shape index (κ2) is 4.64. The van der Waals surface area contributed by atoms with Crippen LogP contribution in [0.25, 0.3) is 10.9 Å². The van der Waals surface area contributed by atoms with Gasteiger partial charge in [0, 0.05) is 16.8 Å². The zero-order chi connectivity index (χ0) is 12.4. The molecule has 4 N–H and O–H groups in total. The van der Waals surface area contributed by atoms with Crippen molar-refractivity contribution in [1.82, 2.24) is 9.97 Å². The number of fused-ring (bicyclic) bond motifs is 1. The number of nitrogen functional groups attached to an aromatic ring is 1. The number of anilines is 2. The van der Waals surface area contributed by atoms with Crippen LogP contribution in [-0.2, 0) is 4.79 Å². The topological polar surface area (TPSA) is 92.9 Å². The van der Waals surface area contributed by atoms with Crippen LogP contribution in [-0.4, -0.2) is 15.9 Å². The Morgan fingerprint density at radius 1 is 1.41 bits per heavy atom. The number of halogens is 1. The molecule has 1 aromatic heterocycles. The molecule has 0 bridgehead atoms. The molecule has 7 heteroatoms. The molecule has 17 heavy (non-hydrogen) atoms. The number of nitrogens with one attached hydrogen (secondary N) is 2. The maximum absolute atomic E-state index is 11.0. The number of nitrogens with two attached hydrogens (primary N) is 1. The molecule has 88 valence electrons. The molecule has 0 aliphatic carbocycles. The summed E-state index contributed by atoms with van der Waals surface area (Å²) in [7, 11) is 0. The number of nitrogens with zero attached hydrogens (tertiary/aromatic N) is 2. The van der Waals surface area contributed by atoms with E-state index in [1.54, 1.807) is 0 Å². The highest BCUT2D eigenvalue weighted by Crippen LogP contribution is 2.24. The Kier molecular flexibility index (Phi) is 3.21. The maximum Gasteiger partial charge on any atom is 0.232 e. The Labute approximate surface area is 106 Å². The van der Waals surface area contributed by atoms with Gasteiger partial charge in [-0.25, -0.2) is 10.8 Å². The molecule has 1 amide bonds. The van der Waals surface area contributed by atoms with E-state index in [2.05, 4.69) is 36.6 Å². The molecule has 0 aliphatic rings. The van der Waals surface area contributed by atoms with Gasteiger partial charge in [-0.15, -0.1) is 0 Å². The van der Waals surface area contributed by atoms with E-state index in [9.17, 15) is 4.79 Å². The molecule has 0 atom stereocenters. The molecule has 0 saturated carbocycles. The lowest BCUT2D eigenvalue weighted by atomic mass is 10.2. The Morgan fingerprint density at radius 3 is 2.82 bits per heavy atom. The van der Waals surface area contributed by atoms with Gasteiger partial charge < -0.3 is 5.43 Å².